The number of rotatable bonds is 8. The van der Waals surface area contributed by atoms with E-state index in [4.69, 9.17) is 14.6 Å². The van der Waals surface area contributed by atoms with E-state index >= 15 is 0 Å². The number of aliphatic carboxylic acids is 1. The highest BCUT2D eigenvalue weighted by atomic mass is 16.6. The molecule has 0 saturated heterocycles. The number of carbonyl (C=O) groups is 3. The average molecular weight is 322 g/mol. The lowest BCUT2D eigenvalue weighted by Gasteiger charge is -2.11. The van der Waals surface area contributed by atoms with E-state index in [1.54, 1.807) is 37.3 Å². The fraction of sp³-hybridized carbons (Fsp3) is 0.312. The quantitative estimate of drug-likeness (QED) is 0.422. The molecule has 0 aromatic heterocycles. The number of aliphatic hydroxyl groups excluding tert-OH is 1. The number of hydrogen-bond donors (Lipinski definition) is 2. The van der Waals surface area contributed by atoms with Crippen molar-refractivity contribution in [3.05, 3.63) is 42.0 Å². The highest BCUT2D eigenvalue weighted by Gasteiger charge is 2.19. The standard InChI is InChI=1S/C16H18O7/c1-2-11(10-14(18)19)15(20)22-9-8-13(17)16(21)23-12-6-4-3-5-7-12/h3-7,10,13,17H,2,8-9H2,1H3,(H,18,19)/b11-10-. The monoisotopic (exact) mass is 322 g/mol. The first-order chi connectivity index (χ1) is 10.9. The second-order valence-electron chi connectivity index (χ2n) is 4.54. The van der Waals surface area contributed by atoms with Gasteiger partial charge in [0.25, 0.3) is 0 Å². The first-order valence-electron chi connectivity index (χ1n) is 6.99. The first kappa shape index (κ1) is 18.4. The maximum atomic E-state index is 11.6. The van der Waals surface area contributed by atoms with E-state index in [9.17, 15) is 19.5 Å². The molecule has 23 heavy (non-hydrogen) atoms. The van der Waals surface area contributed by atoms with Crippen LogP contribution < -0.4 is 4.74 Å². The first-order valence-corrected chi connectivity index (χ1v) is 6.99. The minimum absolute atomic E-state index is 0.00106. The smallest absolute Gasteiger partial charge is 0.340 e. The molecule has 1 unspecified atom stereocenters. The summed E-state index contributed by atoms with van der Waals surface area (Å²) in [7, 11) is 0. The SMILES string of the molecule is CC/C(=C/C(=O)O)C(=O)OCCC(O)C(=O)Oc1ccccc1. The zero-order valence-corrected chi connectivity index (χ0v) is 12.6. The van der Waals surface area contributed by atoms with Crippen molar-refractivity contribution in [2.24, 2.45) is 0 Å². The molecule has 7 nitrogen and oxygen atoms in total. The van der Waals surface area contributed by atoms with E-state index in [1.807, 2.05) is 0 Å². The molecule has 0 aliphatic rings. The van der Waals surface area contributed by atoms with Crippen LogP contribution >= 0.6 is 0 Å². The Morgan fingerprint density at radius 3 is 2.43 bits per heavy atom. The van der Waals surface area contributed by atoms with Crippen LogP contribution in [0.2, 0.25) is 0 Å². The van der Waals surface area contributed by atoms with Crippen LogP contribution in [0.5, 0.6) is 5.75 Å². The van der Waals surface area contributed by atoms with Gasteiger partial charge in [0.1, 0.15) is 5.75 Å². The highest BCUT2D eigenvalue weighted by Crippen LogP contribution is 2.10. The molecule has 0 aliphatic heterocycles. The van der Waals surface area contributed by atoms with E-state index in [0.717, 1.165) is 6.08 Å². The summed E-state index contributed by atoms with van der Waals surface area (Å²) in [6.07, 6.45) is -0.635. The number of carbonyl (C=O) groups excluding carboxylic acids is 2. The Labute approximate surface area is 133 Å². The van der Waals surface area contributed by atoms with Gasteiger partial charge in [0.2, 0.25) is 0 Å². The van der Waals surface area contributed by atoms with E-state index in [2.05, 4.69) is 0 Å². The normalized spacial score (nSPS) is 12.3. The topological polar surface area (TPSA) is 110 Å². The van der Waals surface area contributed by atoms with Crippen LogP contribution in [0.15, 0.2) is 42.0 Å². The minimum Gasteiger partial charge on any atom is -0.478 e. The Bertz CT molecular complexity index is 577. The summed E-state index contributed by atoms with van der Waals surface area (Å²) in [5.41, 5.74) is -0.00106. The maximum Gasteiger partial charge on any atom is 0.340 e. The van der Waals surface area contributed by atoms with Crippen molar-refractivity contribution in [1.82, 2.24) is 0 Å². The molecular formula is C16H18O7. The predicted octanol–water partition coefficient (Wildman–Crippen LogP) is 1.31. The van der Waals surface area contributed by atoms with Gasteiger partial charge >= 0.3 is 17.9 Å². The van der Waals surface area contributed by atoms with Crippen LogP contribution in [0.4, 0.5) is 0 Å². The number of para-hydroxylation sites is 1. The lowest BCUT2D eigenvalue weighted by Crippen LogP contribution is -2.27. The Hall–Kier alpha value is -2.67. The second kappa shape index (κ2) is 9.37. The Morgan fingerprint density at radius 2 is 1.87 bits per heavy atom. The lowest BCUT2D eigenvalue weighted by atomic mass is 10.2. The summed E-state index contributed by atoms with van der Waals surface area (Å²) in [5, 5.41) is 18.3. The molecule has 0 saturated carbocycles. The molecule has 0 bridgehead atoms. The second-order valence-corrected chi connectivity index (χ2v) is 4.54. The van der Waals surface area contributed by atoms with Crippen LogP contribution in [-0.4, -0.2) is 40.8 Å². The average Bonchev–Trinajstić information content (AvgIpc) is 2.53. The van der Waals surface area contributed by atoms with Gasteiger partial charge in [0.05, 0.1) is 6.61 Å². The third kappa shape index (κ3) is 6.75. The Balaban J connectivity index is 2.41. The molecule has 0 spiro atoms. The number of esters is 2. The van der Waals surface area contributed by atoms with Gasteiger partial charge in [-0.1, -0.05) is 25.1 Å². The van der Waals surface area contributed by atoms with E-state index in [-0.39, 0.29) is 25.0 Å². The molecule has 1 rings (SSSR count). The molecule has 1 aromatic carbocycles. The van der Waals surface area contributed by atoms with Crippen LogP contribution in [0.3, 0.4) is 0 Å². The molecule has 7 heteroatoms. The molecule has 0 aliphatic carbocycles. The van der Waals surface area contributed by atoms with Crippen LogP contribution in [-0.2, 0) is 19.1 Å². The molecule has 0 heterocycles. The van der Waals surface area contributed by atoms with Gasteiger partial charge in [-0.05, 0) is 18.6 Å². The zero-order chi connectivity index (χ0) is 17.2. The van der Waals surface area contributed by atoms with Crippen molar-refractivity contribution in [3.8, 4) is 5.75 Å². The van der Waals surface area contributed by atoms with Crippen LogP contribution in [0.25, 0.3) is 0 Å². The van der Waals surface area contributed by atoms with Crippen molar-refractivity contribution in [2.75, 3.05) is 6.61 Å². The summed E-state index contributed by atoms with van der Waals surface area (Å²) >= 11 is 0. The molecular weight excluding hydrogens is 304 g/mol. The molecule has 0 amide bonds. The van der Waals surface area contributed by atoms with Crippen molar-refractivity contribution in [2.45, 2.75) is 25.9 Å². The van der Waals surface area contributed by atoms with Crippen molar-refractivity contribution in [1.29, 1.82) is 0 Å². The van der Waals surface area contributed by atoms with Gasteiger partial charge in [0.15, 0.2) is 6.10 Å². The molecule has 1 atom stereocenters. The fourth-order valence-corrected chi connectivity index (χ4v) is 1.60. The molecule has 124 valence electrons. The number of ether oxygens (including phenoxy) is 2. The Morgan fingerprint density at radius 1 is 1.22 bits per heavy atom. The van der Waals surface area contributed by atoms with Gasteiger partial charge in [-0.25, -0.2) is 14.4 Å². The number of hydrogen-bond acceptors (Lipinski definition) is 6. The summed E-state index contributed by atoms with van der Waals surface area (Å²) in [6, 6.07) is 8.24. The molecule has 0 fully saturated rings. The summed E-state index contributed by atoms with van der Waals surface area (Å²) in [6.45, 7) is 1.38. The third-order valence-electron chi connectivity index (χ3n) is 2.80. The molecule has 1 aromatic rings. The number of carboxylic acid groups (broad SMARTS) is 1. The third-order valence-corrected chi connectivity index (χ3v) is 2.80. The van der Waals surface area contributed by atoms with Crippen LogP contribution in [0.1, 0.15) is 19.8 Å². The highest BCUT2D eigenvalue weighted by molar-refractivity contribution is 5.95. The Kier molecular flexibility index (Phi) is 7.49. The van der Waals surface area contributed by atoms with Crippen molar-refractivity contribution in [3.63, 3.8) is 0 Å². The zero-order valence-electron chi connectivity index (χ0n) is 12.6. The number of carboxylic acids is 1. The van der Waals surface area contributed by atoms with E-state index < -0.39 is 24.0 Å². The van der Waals surface area contributed by atoms with Gasteiger partial charge in [0, 0.05) is 18.1 Å². The molecule has 2 N–H and O–H groups in total. The van der Waals surface area contributed by atoms with Gasteiger partial charge in [-0.2, -0.15) is 0 Å². The fourth-order valence-electron chi connectivity index (χ4n) is 1.60. The molecule has 0 radical (unpaired) electrons. The van der Waals surface area contributed by atoms with Crippen molar-refractivity contribution >= 4 is 17.9 Å². The van der Waals surface area contributed by atoms with Gasteiger partial charge in [-0.3, -0.25) is 0 Å². The van der Waals surface area contributed by atoms with E-state index in [1.165, 1.54) is 0 Å². The van der Waals surface area contributed by atoms with Gasteiger partial charge < -0.3 is 19.7 Å². The number of aliphatic hydroxyl groups is 1. The number of benzene rings is 1. The van der Waals surface area contributed by atoms with E-state index in [0.29, 0.717) is 5.75 Å². The lowest BCUT2D eigenvalue weighted by molar-refractivity contribution is -0.147. The van der Waals surface area contributed by atoms with Gasteiger partial charge in [-0.15, -0.1) is 0 Å². The predicted molar refractivity (Wildman–Crippen MR) is 79.7 cm³/mol. The summed E-state index contributed by atoms with van der Waals surface area (Å²) in [4.78, 5) is 33.8. The van der Waals surface area contributed by atoms with Crippen molar-refractivity contribution < 1.29 is 34.1 Å². The maximum absolute atomic E-state index is 11.6. The summed E-state index contributed by atoms with van der Waals surface area (Å²) < 4.78 is 9.77. The summed E-state index contributed by atoms with van der Waals surface area (Å²) in [5.74, 6) is -2.60. The van der Waals surface area contributed by atoms with Crippen LogP contribution in [0, 0.1) is 0 Å². The minimum atomic E-state index is -1.45. The largest absolute Gasteiger partial charge is 0.478 e.